The largest absolute Gasteiger partial charge is 0.311 e. The number of hydrogen-bond donors (Lipinski definition) is 1. The Morgan fingerprint density at radius 3 is 2.85 bits per heavy atom. The van der Waals surface area contributed by atoms with Crippen molar-refractivity contribution in [3.8, 4) is 10.6 Å². The first kappa shape index (κ1) is 14.8. The van der Waals surface area contributed by atoms with Gasteiger partial charge < -0.3 is 5.32 Å². The van der Waals surface area contributed by atoms with Crippen molar-refractivity contribution in [2.75, 3.05) is 7.05 Å². The Labute approximate surface area is 125 Å². The second-order valence-corrected chi connectivity index (χ2v) is 5.50. The number of benzene rings is 1. The van der Waals surface area contributed by atoms with E-state index in [1.54, 1.807) is 12.1 Å². The molecule has 2 aromatic rings. The molecule has 0 spiro atoms. The highest BCUT2D eigenvalue weighted by Gasteiger charge is 2.23. The van der Waals surface area contributed by atoms with Gasteiger partial charge >= 0.3 is 0 Å². The smallest absolute Gasteiger partial charge is 0.281 e. The molecule has 1 unspecified atom stereocenters. The van der Waals surface area contributed by atoms with Crippen LogP contribution >= 0.6 is 22.9 Å². The maximum absolute atomic E-state index is 11.1. The lowest BCUT2D eigenvalue weighted by atomic mass is 10.2. The Kier molecular flexibility index (Phi) is 4.64. The van der Waals surface area contributed by atoms with Gasteiger partial charge in [-0.05, 0) is 19.5 Å². The van der Waals surface area contributed by atoms with Gasteiger partial charge in [0.05, 0.1) is 16.0 Å². The van der Waals surface area contributed by atoms with E-state index in [1.165, 1.54) is 17.4 Å². The molecule has 8 heteroatoms. The number of nitro groups is 1. The summed E-state index contributed by atoms with van der Waals surface area (Å²) in [6, 6.07) is 4.66. The number of nitrogens with one attached hydrogen (secondary N) is 1. The highest BCUT2D eigenvalue weighted by molar-refractivity contribution is 7.14. The monoisotopic (exact) mass is 312 g/mol. The first-order chi connectivity index (χ1) is 9.58. The van der Waals surface area contributed by atoms with Crippen molar-refractivity contribution in [3.63, 3.8) is 0 Å². The van der Waals surface area contributed by atoms with Crippen LogP contribution in [-0.4, -0.2) is 22.2 Å². The number of nitro benzene ring substituents is 1. The summed E-state index contributed by atoms with van der Waals surface area (Å²) >= 11 is 7.40. The third-order valence-corrected chi connectivity index (χ3v) is 4.27. The van der Waals surface area contributed by atoms with Crippen molar-refractivity contribution in [1.82, 2.24) is 15.5 Å². The summed E-state index contributed by atoms with van der Waals surface area (Å²) in [5, 5.41) is 23.9. The fraction of sp³-hybridized carbons (Fsp3) is 0.333. The van der Waals surface area contributed by atoms with Gasteiger partial charge in [0, 0.05) is 6.07 Å². The van der Waals surface area contributed by atoms with Gasteiger partial charge in [-0.15, -0.1) is 10.2 Å². The van der Waals surface area contributed by atoms with E-state index in [0.29, 0.717) is 15.6 Å². The summed E-state index contributed by atoms with van der Waals surface area (Å²) < 4.78 is 0. The Hall–Kier alpha value is -1.57. The molecule has 106 valence electrons. The zero-order chi connectivity index (χ0) is 14.7. The first-order valence-corrected chi connectivity index (χ1v) is 7.21. The van der Waals surface area contributed by atoms with E-state index in [0.717, 1.165) is 11.4 Å². The van der Waals surface area contributed by atoms with Gasteiger partial charge in [-0.3, -0.25) is 10.1 Å². The van der Waals surface area contributed by atoms with Crippen LogP contribution in [0.15, 0.2) is 18.2 Å². The van der Waals surface area contributed by atoms with Gasteiger partial charge in [-0.25, -0.2) is 0 Å². The Morgan fingerprint density at radius 1 is 1.50 bits per heavy atom. The summed E-state index contributed by atoms with van der Waals surface area (Å²) in [7, 11) is 1.84. The fourth-order valence-electron chi connectivity index (χ4n) is 1.86. The van der Waals surface area contributed by atoms with E-state index in [-0.39, 0.29) is 11.7 Å². The summed E-state index contributed by atoms with van der Waals surface area (Å²) in [6.45, 7) is 2.03. The maximum atomic E-state index is 11.1. The molecule has 1 heterocycles. The third kappa shape index (κ3) is 2.79. The third-order valence-electron chi connectivity index (χ3n) is 2.90. The first-order valence-electron chi connectivity index (χ1n) is 6.02. The zero-order valence-electron chi connectivity index (χ0n) is 11.0. The second kappa shape index (κ2) is 6.25. The van der Waals surface area contributed by atoms with Crippen LogP contribution in [0.3, 0.4) is 0 Å². The predicted molar refractivity (Wildman–Crippen MR) is 79.1 cm³/mol. The van der Waals surface area contributed by atoms with Crippen LogP contribution < -0.4 is 5.32 Å². The Balaban J connectivity index is 2.50. The fourth-order valence-corrected chi connectivity index (χ4v) is 3.28. The molecule has 0 amide bonds. The van der Waals surface area contributed by atoms with Crippen molar-refractivity contribution in [2.45, 2.75) is 19.4 Å². The molecule has 20 heavy (non-hydrogen) atoms. The zero-order valence-corrected chi connectivity index (χ0v) is 12.5. The molecule has 1 atom stereocenters. The van der Waals surface area contributed by atoms with Crippen LogP contribution in [0.5, 0.6) is 0 Å². The molecule has 0 aliphatic carbocycles. The van der Waals surface area contributed by atoms with Crippen molar-refractivity contribution < 1.29 is 4.92 Å². The highest BCUT2D eigenvalue weighted by atomic mass is 35.5. The number of aromatic nitrogens is 2. The van der Waals surface area contributed by atoms with E-state index >= 15 is 0 Å². The lowest BCUT2D eigenvalue weighted by Gasteiger charge is -2.08. The lowest BCUT2D eigenvalue weighted by molar-refractivity contribution is -0.384. The van der Waals surface area contributed by atoms with Gasteiger partial charge in [0.15, 0.2) is 5.01 Å². The molecule has 0 saturated heterocycles. The summed E-state index contributed by atoms with van der Waals surface area (Å²) in [5.74, 6) is 0. The van der Waals surface area contributed by atoms with Crippen LogP contribution in [-0.2, 0) is 0 Å². The molecule has 0 radical (unpaired) electrons. The van der Waals surface area contributed by atoms with E-state index in [4.69, 9.17) is 11.6 Å². The summed E-state index contributed by atoms with van der Waals surface area (Å²) in [6.07, 6.45) is 0.857. The highest BCUT2D eigenvalue weighted by Crippen LogP contribution is 2.38. The average molecular weight is 313 g/mol. The predicted octanol–water partition coefficient (Wildman–Crippen LogP) is 3.44. The van der Waals surface area contributed by atoms with E-state index < -0.39 is 4.92 Å². The van der Waals surface area contributed by atoms with Gasteiger partial charge in [0.2, 0.25) is 0 Å². The van der Waals surface area contributed by atoms with E-state index in [1.807, 2.05) is 14.0 Å². The van der Waals surface area contributed by atoms with Gasteiger partial charge in [-0.2, -0.15) is 0 Å². The minimum Gasteiger partial charge on any atom is -0.311 e. The molecular formula is C12H13ClN4O2S. The molecule has 2 rings (SSSR count). The molecule has 1 N–H and O–H groups in total. The average Bonchev–Trinajstić information content (AvgIpc) is 2.89. The standard InChI is InChI=1S/C12H13ClN4O2S/c1-3-8(14-2)11-15-16-12(20-11)10-7(13)5-4-6-9(10)17(18)19/h4-6,8,14H,3H2,1-2H3. The van der Waals surface area contributed by atoms with Crippen LogP contribution in [0.1, 0.15) is 24.4 Å². The lowest BCUT2D eigenvalue weighted by Crippen LogP contribution is -2.14. The van der Waals surface area contributed by atoms with Crippen molar-refractivity contribution in [3.05, 3.63) is 38.3 Å². The topological polar surface area (TPSA) is 81.0 Å². The van der Waals surface area contributed by atoms with Crippen LogP contribution in [0.2, 0.25) is 5.02 Å². The minimum absolute atomic E-state index is 0.0577. The molecule has 0 saturated carbocycles. The molecule has 0 aliphatic rings. The van der Waals surface area contributed by atoms with Crippen LogP contribution in [0, 0.1) is 10.1 Å². The summed E-state index contributed by atoms with van der Waals surface area (Å²) in [5.41, 5.74) is 0.270. The van der Waals surface area contributed by atoms with E-state index in [2.05, 4.69) is 15.5 Å². The Bertz CT molecular complexity index is 628. The second-order valence-electron chi connectivity index (χ2n) is 4.09. The Morgan fingerprint density at radius 2 is 2.25 bits per heavy atom. The van der Waals surface area contributed by atoms with Gasteiger partial charge in [0.1, 0.15) is 10.6 Å². The quantitative estimate of drug-likeness (QED) is 0.675. The number of hydrogen-bond acceptors (Lipinski definition) is 6. The van der Waals surface area contributed by atoms with Crippen molar-refractivity contribution in [2.24, 2.45) is 0 Å². The van der Waals surface area contributed by atoms with Crippen LogP contribution in [0.25, 0.3) is 10.6 Å². The molecule has 1 aromatic carbocycles. The molecule has 0 aliphatic heterocycles. The molecule has 1 aromatic heterocycles. The molecule has 6 nitrogen and oxygen atoms in total. The van der Waals surface area contributed by atoms with Crippen LogP contribution in [0.4, 0.5) is 5.69 Å². The maximum Gasteiger partial charge on any atom is 0.281 e. The molecule has 0 fully saturated rings. The van der Waals surface area contributed by atoms with Gasteiger partial charge in [0.25, 0.3) is 5.69 Å². The van der Waals surface area contributed by atoms with E-state index in [9.17, 15) is 10.1 Å². The number of nitrogens with zero attached hydrogens (tertiary/aromatic N) is 3. The number of rotatable bonds is 5. The van der Waals surface area contributed by atoms with Crippen molar-refractivity contribution in [1.29, 1.82) is 0 Å². The SMILES string of the molecule is CCC(NC)c1nnc(-c2c(Cl)cccc2[N+](=O)[O-])s1. The molecule has 0 bridgehead atoms. The van der Waals surface area contributed by atoms with Crippen molar-refractivity contribution >= 4 is 28.6 Å². The minimum atomic E-state index is -0.461. The molecular weight excluding hydrogens is 300 g/mol. The van der Waals surface area contributed by atoms with Gasteiger partial charge in [-0.1, -0.05) is 35.9 Å². The number of halogens is 1. The summed E-state index contributed by atoms with van der Waals surface area (Å²) in [4.78, 5) is 10.6. The normalized spacial score (nSPS) is 12.3.